The summed E-state index contributed by atoms with van der Waals surface area (Å²) in [6.45, 7) is 21.5. The summed E-state index contributed by atoms with van der Waals surface area (Å²) in [4.78, 5) is 60.7. The van der Waals surface area contributed by atoms with Crippen LogP contribution in [-0.2, 0) is 4.74 Å². The fraction of sp³-hybridized carbons (Fsp3) is 0.365. The Morgan fingerprint density at radius 2 is 1.08 bits per heavy atom. The van der Waals surface area contributed by atoms with Crippen molar-refractivity contribution in [3.63, 3.8) is 0 Å². The SMILES string of the molecule is CCN(CC)CCCNc1nc(-c2cc(C(=O)OC(C)(C)C)cc(F)c2C)c2ccc(=O)n(-c3c(F)cccc3F)c2n1.CCN(CC)CCCNc1nc(Cl)c2ccc(=O)n(-c3c(F)cccc3F)c2n1. The van der Waals surface area contributed by atoms with E-state index in [1.807, 2.05) is 0 Å². The van der Waals surface area contributed by atoms with Crippen LogP contribution in [0, 0.1) is 36.0 Å². The van der Waals surface area contributed by atoms with Gasteiger partial charge in [-0.25, -0.2) is 36.7 Å². The van der Waals surface area contributed by atoms with E-state index in [9.17, 15) is 31.9 Å². The van der Waals surface area contributed by atoms with Crippen LogP contribution >= 0.6 is 11.6 Å². The summed E-state index contributed by atoms with van der Waals surface area (Å²) in [5.74, 6) is -4.81. The van der Waals surface area contributed by atoms with Crippen LogP contribution in [0.25, 0.3) is 44.7 Å². The van der Waals surface area contributed by atoms with Gasteiger partial charge in [-0.3, -0.25) is 18.7 Å². The highest BCUT2D eigenvalue weighted by molar-refractivity contribution is 6.34. The highest BCUT2D eigenvalue weighted by Gasteiger charge is 2.25. The molecule has 0 aliphatic rings. The number of hydrogen-bond donors (Lipinski definition) is 2. The quantitative estimate of drug-likeness (QED) is 0.0364. The van der Waals surface area contributed by atoms with E-state index in [4.69, 9.17) is 16.3 Å². The van der Waals surface area contributed by atoms with Crippen LogP contribution in [0.5, 0.6) is 0 Å². The maximum atomic E-state index is 15.3. The number of anilines is 2. The van der Waals surface area contributed by atoms with Crippen molar-refractivity contribution < 1.29 is 31.5 Å². The fourth-order valence-electron chi connectivity index (χ4n) is 7.86. The van der Waals surface area contributed by atoms with E-state index in [1.165, 1.54) is 43.3 Å². The van der Waals surface area contributed by atoms with Gasteiger partial charge in [-0.1, -0.05) is 51.4 Å². The summed E-state index contributed by atoms with van der Waals surface area (Å²) in [7, 11) is 0. The zero-order valence-electron chi connectivity index (χ0n) is 41.5. The molecule has 2 N–H and O–H groups in total. The van der Waals surface area contributed by atoms with Gasteiger partial charge in [-0.05, 0) is 134 Å². The van der Waals surface area contributed by atoms with Crippen LogP contribution in [0.3, 0.4) is 0 Å². The number of fused-ring (bicyclic) bond motifs is 2. The number of benzene rings is 3. The molecule has 72 heavy (non-hydrogen) atoms. The van der Waals surface area contributed by atoms with Crippen LogP contribution < -0.4 is 21.8 Å². The fourth-order valence-corrected chi connectivity index (χ4v) is 8.09. The lowest BCUT2D eigenvalue weighted by Crippen LogP contribution is -2.25. The van der Waals surface area contributed by atoms with Gasteiger partial charge in [0.2, 0.25) is 11.9 Å². The zero-order chi connectivity index (χ0) is 52.4. The van der Waals surface area contributed by atoms with Crippen molar-refractivity contribution in [2.75, 3.05) is 63.0 Å². The Hall–Kier alpha value is -6.83. The Morgan fingerprint density at radius 3 is 1.54 bits per heavy atom. The molecule has 0 bridgehead atoms. The molecule has 0 atom stereocenters. The summed E-state index contributed by atoms with van der Waals surface area (Å²) < 4.78 is 81.1. The van der Waals surface area contributed by atoms with E-state index < -0.39 is 63.1 Å². The Kier molecular flexibility index (Phi) is 18.2. The number of pyridine rings is 2. The molecule has 14 nitrogen and oxygen atoms in total. The second-order valence-corrected chi connectivity index (χ2v) is 18.0. The molecule has 0 radical (unpaired) electrons. The highest BCUT2D eigenvalue weighted by Crippen LogP contribution is 2.34. The monoisotopic (exact) mass is 1020 g/mol. The third-order valence-corrected chi connectivity index (χ3v) is 12.0. The number of nitrogens with one attached hydrogen (secondary N) is 2. The minimum atomic E-state index is -0.961. The number of hydrogen-bond acceptors (Lipinski definition) is 12. The summed E-state index contributed by atoms with van der Waals surface area (Å²) in [6, 6.07) is 14.4. The Bertz CT molecular complexity index is 3150. The number of para-hydroxylation sites is 2. The normalized spacial score (nSPS) is 11.6. The molecule has 7 rings (SSSR count). The van der Waals surface area contributed by atoms with Crippen molar-refractivity contribution in [2.45, 2.75) is 73.8 Å². The third-order valence-electron chi connectivity index (χ3n) is 11.7. The molecule has 0 saturated heterocycles. The molecule has 7 aromatic rings. The lowest BCUT2D eigenvalue weighted by Gasteiger charge is -2.20. The van der Waals surface area contributed by atoms with Crippen molar-refractivity contribution in [2.24, 2.45) is 0 Å². The molecule has 0 spiro atoms. The van der Waals surface area contributed by atoms with E-state index in [2.05, 4.69) is 68.1 Å². The second kappa shape index (κ2) is 24.1. The van der Waals surface area contributed by atoms with Gasteiger partial charge in [0, 0.05) is 36.2 Å². The first kappa shape index (κ1) is 54.5. The number of ether oxygens (including phenoxy) is 1. The predicted molar refractivity (Wildman–Crippen MR) is 272 cm³/mol. The lowest BCUT2D eigenvalue weighted by atomic mass is 9.99. The van der Waals surface area contributed by atoms with Gasteiger partial charge in [0.25, 0.3) is 11.1 Å². The van der Waals surface area contributed by atoms with E-state index >= 15 is 4.39 Å². The van der Waals surface area contributed by atoms with Crippen molar-refractivity contribution in [1.82, 2.24) is 38.9 Å². The third kappa shape index (κ3) is 12.8. The number of halogens is 6. The number of aromatic nitrogens is 6. The lowest BCUT2D eigenvalue weighted by molar-refractivity contribution is 0.00689. The van der Waals surface area contributed by atoms with E-state index in [-0.39, 0.29) is 56.1 Å². The average molecular weight is 1020 g/mol. The molecular weight excluding hydrogens is 959 g/mol. The summed E-state index contributed by atoms with van der Waals surface area (Å²) in [6.07, 6.45) is 1.59. The molecule has 0 unspecified atom stereocenters. The smallest absolute Gasteiger partial charge is 0.338 e. The van der Waals surface area contributed by atoms with E-state index in [0.29, 0.717) is 18.5 Å². The zero-order valence-corrected chi connectivity index (χ0v) is 42.2. The first-order valence-corrected chi connectivity index (χ1v) is 24.1. The van der Waals surface area contributed by atoms with E-state index in [0.717, 1.165) is 97.6 Å². The first-order valence-electron chi connectivity index (χ1n) is 23.7. The number of carbonyl (C=O) groups excluding carboxylic acids is 1. The maximum Gasteiger partial charge on any atom is 0.338 e. The van der Waals surface area contributed by atoms with Gasteiger partial charge in [0.15, 0.2) is 11.3 Å². The summed E-state index contributed by atoms with van der Waals surface area (Å²) in [5, 5.41) is 6.85. The topological polar surface area (TPSA) is 152 Å². The van der Waals surface area contributed by atoms with Crippen molar-refractivity contribution in [3.05, 3.63) is 139 Å². The van der Waals surface area contributed by atoms with Crippen LogP contribution in [0.1, 0.15) is 77.2 Å². The second-order valence-electron chi connectivity index (χ2n) is 17.6. The number of nitrogens with zero attached hydrogens (tertiary/aromatic N) is 8. The molecule has 0 fully saturated rings. The minimum Gasteiger partial charge on any atom is -0.456 e. The maximum absolute atomic E-state index is 15.3. The molecule has 20 heteroatoms. The van der Waals surface area contributed by atoms with Gasteiger partial charge >= 0.3 is 5.97 Å². The van der Waals surface area contributed by atoms with Crippen molar-refractivity contribution in [3.8, 4) is 22.6 Å². The summed E-state index contributed by atoms with van der Waals surface area (Å²) in [5.41, 5.74) is -2.77. The van der Waals surface area contributed by atoms with Gasteiger partial charge in [-0.15, -0.1) is 0 Å². The van der Waals surface area contributed by atoms with Gasteiger partial charge < -0.3 is 25.2 Å². The number of carbonyl (C=O) groups is 1. The molecule has 382 valence electrons. The number of rotatable bonds is 18. The molecular formula is C52H58ClF5N10O4. The Balaban J connectivity index is 0.000000254. The molecule has 3 aromatic carbocycles. The summed E-state index contributed by atoms with van der Waals surface area (Å²) >= 11 is 6.26. The Labute approximate surface area is 418 Å². The molecule has 4 aromatic heterocycles. The molecule has 0 amide bonds. The van der Waals surface area contributed by atoms with Crippen molar-refractivity contribution in [1.29, 1.82) is 0 Å². The highest BCUT2D eigenvalue weighted by atomic mass is 35.5. The average Bonchev–Trinajstić information content (AvgIpc) is 3.33. The largest absolute Gasteiger partial charge is 0.456 e. The van der Waals surface area contributed by atoms with Gasteiger partial charge in [0.05, 0.1) is 16.6 Å². The van der Waals surface area contributed by atoms with Crippen LogP contribution in [0.15, 0.2) is 82.4 Å². The standard InChI is InChI=1S/C32H36F3N5O3.C20H22ClF2N5O/c1-7-39(8-2)16-10-15-36-31-37-27(22-17-20(18-25(35)19(22)3)30(42)43-32(4,5)6)21-13-14-26(41)40(29(21)38-31)28-23(33)11-9-12-24(28)34;1-3-27(4-2)12-6-11-24-20-25-18(21)13-9-10-16(29)28(19(13)26-20)17-14(22)7-5-8-15(17)23/h9,11-14,17-18H,7-8,10,15-16H2,1-6H3,(H,36,37,38);5,7-10H,3-4,6,11-12H2,1-2H3,(H,24,25,26). The van der Waals surface area contributed by atoms with Gasteiger partial charge in [-0.2, -0.15) is 9.97 Å². The van der Waals surface area contributed by atoms with Crippen LogP contribution in [0.4, 0.5) is 33.8 Å². The molecule has 0 saturated carbocycles. The van der Waals surface area contributed by atoms with Crippen molar-refractivity contribution >= 4 is 51.5 Å². The Morgan fingerprint density at radius 1 is 0.639 bits per heavy atom. The van der Waals surface area contributed by atoms with Crippen LogP contribution in [-0.4, -0.2) is 103 Å². The molecule has 0 aliphatic heterocycles. The number of esters is 1. The van der Waals surface area contributed by atoms with Gasteiger partial charge in [0.1, 0.15) is 51.2 Å². The molecule has 0 aliphatic carbocycles. The first-order chi connectivity index (χ1) is 34.3. The molecule has 4 heterocycles. The minimum absolute atomic E-state index is 0.0349. The predicted octanol–water partition coefficient (Wildman–Crippen LogP) is 10.1. The van der Waals surface area contributed by atoms with E-state index in [1.54, 1.807) is 20.8 Å². The van der Waals surface area contributed by atoms with Crippen LogP contribution in [0.2, 0.25) is 5.15 Å².